The number of thioether (sulfide) groups is 1. The lowest BCUT2D eigenvalue weighted by Crippen LogP contribution is -2.09. The summed E-state index contributed by atoms with van der Waals surface area (Å²) in [6.07, 6.45) is -4.37. The first kappa shape index (κ1) is 19.5. The summed E-state index contributed by atoms with van der Waals surface area (Å²) in [4.78, 5) is 0. The normalized spacial score (nSPS) is 12.0. The van der Waals surface area contributed by atoms with Gasteiger partial charge in [0.25, 0.3) is 0 Å². The molecule has 1 heterocycles. The van der Waals surface area contributed by atoms with E-state index in [0.717, 1.165) is 23.1 Å². The van der Waals surface area contributed by atoms with Gasteiger partial charge in [0.2, 0.25) is 0 Å². The Morgan fingerprint density at radius 1 is 1.00 bits per heavy atom. The zero-order valence-electron chi connectivity index (χ0n) is 15.3. The fourth-order valence-corrected chi connectivity index (χ4v) is 3.81. The maximum absolute atomic E-state index is 13.2. The molecule has 0 aliphatic rings. The summed E-state index contributed by atoms with van der Waals surface area (Å²) in [5.41, 5.74) is 1.62. The lowest BCUT2D eigenvalue weighted by molar-refractivity contribution is -0.138. The lowest BCUT2D eigenvalue weighted by atomic mass is 10.1. The molecular formula is C20H20F3N3S. The van der Waals surface area contributed by atoms with E-state index in [1.54, 1.807) is 6.07 Å². The average Bonchev–Trinajstić information content (AvgIpc) is 3.04. The van der Waals surface area contributed by atoms with Crippen molar-refractivity contribution in [3.05, 3.63) is 71.0 Å². The van der Waals surface area contributed by atoms with E-state index in [-0.39, 0.29) is 17.2 Å². The van der Waals surface area contributed by atoms with Crippen molar-refractivity contribution in [2.75, 3.05) is 0 Å². The molecule has 0 saturated heterocycles. The molecule has 0 radical (unpaired) electrons. The summed E-state index contributed by atoms with van der Waals surface area (Å²) >= 11 is 1.26. The van der Waals surface area contributed by atoms with E-state index in [4.69, 9.17) is 0 Å². The maximum Gasteiger partial charge on any atom is 0.416 e. The minimum atomic E-state index is -4.37. The van der Waals surface area contributed by atoms with Crippen LogP contribution in [0.15, 0.2) is 53.7 Å². The van der Waals surface area contributed by atoms with Crippen molar-refractivity contribution < 1.29 is 13.2 Å². The summed E-state index contributed by atoms with van der Waals surface area (Å²) in [7, 11) is 0. The van der Waals surface area contributed by atoms with Crippen LogP contribution in [0.4, 0.5) is 13.2 Å². The highest BCUT2D eigenvalue weighted by atomic mass is 32.2. The molecule has 0 saturated carbocycles. The smallest absolute Gasteiger partial charge is 0.274 e. The summed E-state index contributed by atoms with van der Waals surface area (Å²) in [5.74, 6) is 1.09. The fourth-order valence-electron chi connectivity index (χ4n) is 2.85. The predicted molar refractivity (Wildman–Crippen MR) is 101 cm³/mol. The van der Waals surface area contributed by atoms with Gasteiger partial charge in [-0.2, -0.15) is 13.2 Å². The second kappa shape index (κ2) is 7.76. The number of benzene rings is 2. The Hall–Kier alpha value is -2.28. The number of aromatic nitrogens is 3. The van der Waals surface area contributed by atoms with E-state index < -0.39 is 11.7 Å². The van der Waals surface area contributed by atoms with Crippen molar-refractivity contribution >= 4 is 11.8 Å². The molecule has 0 aliphatic heterocycles. The largest absolute Gasteiger partial charge is 0.416 e. The number of aryl methyl sites for hydroxylation is 1. The Kier molecular flexibility index (Phi) is 5.60. The summed E-state index contributed by atoms with van der Waals surface area (Å²) in [6, 6.07) is 13.5. The van der Waals surface area contributed by atoms with Gasteiger partial charge in [-0.15, -0.1) is 10.2 Å². The minimum absolute atomic E-state index is 0.133. The molecule has 0 N–H and O–H groups in total. The third kappa shape index (κ3) is 4.18. The van der Waals surface area contributed by atoms with E-state index in [9.17, 15) is 13.2 Å². The van der Waals surface area contributed by atoms with Crippen LogP contribution < -0.4 is 0 Å². The Morgan fingerprint density at radius 2 is 1.67 bits per heavy atom. The fraction of sp³-hybridized carbons (Fsp3) is 0.300. The van der Waals surface area contributed by atoms with Crippen LogP contribution >= 0.6 is 11.8 Å². The van der Waals surface area contributed by atoms with Gasteiger partial charge in [-0.1, -0.05) is 62.0 Å². The van der Waals surface area contributed by atoms with Crippen molar-refractivity contribution in [1.29, 1.82) is 0 Å². The van der Waals surface area contributed by atoms with Gasteiger partial charge in [0.1, 0.15) is 5.82 Å². The first-order valence-electron chi connectivity index (χ1n) is 8.58. The zero-order chi connectivity index (χ0) is 19.6. The van der Waals surface area contributed by atoms with Crippen molar-refractivity contribution in [3.8, 4) is 5.69 Å². The Labute approximate surface area is 160 Å². The van der Waals surface area contributed by atoms with Crippen molar-refractivity contribution in [3.63, 3.8) is 0 Å². The molecule has 0 fully saturated rings. The molecule has 3 aromatic rings. The molecule has 142 valence electrons. The number of para-hydroxylation sites is 1. The molecule has 2 aromatic carbocycles. The first-order valence-corrected chi connectivity index (χ1v) is 9.57. The second-order valence-corrected chi connectivity index (χ2v) is 7.50. The molecule has 0 amide bonds. The number of nitrogens with zero attached hydrogens (tertiary/aromatic N) is 3. The number of rotatable bonds is 5. The summed E-state index contributed by atoms with van der Waals surface area (Å²) in [5, 5.41) is 9.13. The van der Waals surface area contributed by atoms with E-state index in [1.165, 1.54) is 23.9 Å². The van der Waals surface area contributed by atoms with Gasteiger partial charge in [0.05, 0.1) is 11.3 Å². The Balaban J connectivity index is 1.97. The van der Waals surface area contributed by atoms with Gasteiger partial charge >= 0.3 is 6.18 Å². The molecule has 3 rings (SSSR count). The van der Waals surface area contributed by atoms with Gasteiger partial charge in [0.15, 0.2) is 5.16 Å². The van der Waals surface area contributed by atoms with Gasteiger partial charge in [-0.25, -0.2) is 0 Å². The average molecular weight is 391 g/mol. The molecule has 0 spiro atoms. The number of hydrogen-bond acceptors (Lipinski definition) is 3. The molecule has 0 unspecified atom stereocenters. The molecule has 0 bridgehead atoms. The SMILES string of the molecule is Cc1ccccc1-n1c(SCc2ccccc2C(F)(F)F)nnc1C(C)C. The second-order valence-electron chi connectivity index (χ2n) is 6.56. The van der Waals surface area contributed by atoms with Crippen LogP contribution in [0.1, 0.15) is 42.3 Å². The summed E-state index contributed by atoms with van der Waals surface area (Å²) < 4.78 is 41.7. The van der Waals surface area contributed by atoms with Gasteiger partial charge in [-0.3, -0.25) is 4.57 Å². The topological polar surface area (TPSA) is 30.7 Å². The quantitative estimate of drug-likeness (QED) is 0.499. The van der Waals surface area contributed by atoms with Crippen LogP contribution in [-0.2, 0) is 11.9 Å². The molecule has 7 heteroatoms. The van der Waals surface area contributed by atoms with Crippen LogP contribution in [-0.4, -0.2) is 14.8 Å². The highest BCUT2D eigenvalue weighted by Gasteiger charge is 2.33. The number of hydrogen-bond donors (Lipinski definition) is 0. The molecule has 0 aliphatic carbocycles. The van der Waals surface area contributed by atoms with E-state index >= 15 is 0 Å². The van der Waals surface area contributed by atoms with E-state index in [2.05, 4.69) is 10.2 Å². The van der Waals surface area contributed by atoms with Gasteiger partial charge in [-0.05, 0) is 30.2 Å². The van der Waals surface area contributed by atoms with Gasteiger partial charge < -0.3 is 0 Å². The van der Waals surface area contributed by atoms with Crippen molar-refractivity contribution in [1.82, 2.24) is 14.8 Å². The monoisotopic (exact) mass is 391 g/mol. The summed E-state index contributed by atoms with van der Waals surface area (Å²) in [6.45, 7) is 6.03. The lowest BCUT2D eigenvalue weighted by Gasteiger charge is -2.15. The van der Waals surface area contributed by atoms with Crippen LogP contribution in [0.3, 0.4) is 0 Å². The molecular weight excluding hydrogens is 371 g/mol. The van der Waals surface area contributed by atoms with Crippen LogP contribution in [0, 0.1) is 6.92 Å². The van der Waals surface area contributed by atoms with Crippen molar-refractivity contribution in [2.24, 2.45) is 0 Å². The predicted octanol–water partition coefficient (Wildman–Crippen LogP) is 6.01. The molecule has 3 nitrogen and oxygen atoms in total. The first-order chi connectivity index (χ1) is 12.8. The van der Waals surface area contributed by atoms with Crippen LogP contribution in [0.5, 0.6) is 0 Å². The Bertz CT molecular complexity index is 932. The molecule has 1 aromatic heterocycles. The molecule has 27 heavy (non-hydrogen) atoms. The van der Waals surface area contributed by atoms with Crippen LogP contribution in [0.2, 0.25) is 0 Å². The van der Waals surface area contributed by atoms with E-state index in [0.29, 0.717) is 5.16 Å². The standard InChI is InChI=1S/C20H20F3N3S/c1-13(2)18-24-25-19(26(18)17-11-7-4-8-14(17)3)27-12-15-9-5-6-10-16(15)20(21,22)23/h4-11,13H,12H2,1-3H3. The third-order valence-electron chi connectivity index (χ3n) is 4.21. The highest BCUT2D eigenvalue weighted by Crippen LogP contribution is 2.35. The zero-order valence-corrected chi connectivity index (χ0v) is 16.1. The Morgan fingerprint density at radius 3 is 2.33 bits per heavy atom. The number of alkyl halides is 3. The van der Waals surface area contributed by atoms with E-state index in [1.807, 2.05) is 49.6 Å². The van der Waals surface area contributed by atoms with Crippen molar-refractivity contribution in [2.45, 2.75) is 43.8 Å². The minimum Gasteiger partial charge on any atom is -0.274 e. The maximum atomic E-state index is 13.2. The number of halogens is 3. The van der Waals surface area contributed by atoms with Crippen LogP contribution in [0.25, 0.3) is 5.69 Å². The van der Waals surface area contributed by atoms with Gasteiger partial charge in [0, 0.05) is 11.7 Å². The highest BCUT2D eigenvalue weighted by molar-refractivity contribution is 7.98. The molecule has 0 atom stereocenters. The third-order valence-corrected chi connectivity index (χ3v) is 5.19.